The highest BCUT2D eigenvalue weighted by molar-refractivity contribution is 4.82. The normalized spacial score (nSPS) is 11.4. The fraction of sp³-hybridized carbons (Fsp3) is 0.947. The molecule has 0 aliphatic carbocycles. The second kappa shape index (κ2) is 47.1. The molecule has 0 amide bonds. The van der Waals surface area contributed by atoms with Crippen molar-refractivity contribution in [2.75, 3.05) is 145 Å². The van der Waals surface area contributed by atoms with E-state index in [1.54, 1.807) is 0 Å². The molecule has 0 saturated heterocycles. The molecule has 11 heteroatoms. The van der Waals surface area contributed by atoms with Gasteiger partial charge in [-0.3, -0.25) is 0 Å². The molecule has 0 saturated carbocycles. The monoisotopic (exact) mass is 707 g/mol. The Labute approximate surface area is 299 Å². The first-order valence-electron chi connectivity index (χ1n) is 19.2. The molecule has 0 spiro atoms. The third-order valence-electron chi connectivity index (χ3n) is 7.30. The number of terminal acetylenes is 1. The lowest BCUT2D eigenvalue weighted by molar-refractivity contribution is -0.0272. The fourth-order valence-corrected chi connectivity index (χ4v) is 4.55. The van der Waals surface area contributed by atoms with Crippen LogP contribution >= 0.6 is 0 Å². The van der Waals surface area contributed by atoms with Crippen LogP contribution in [-0.4, -0.2) is 145 Å². The van der Waals surface area contributed by atoms with Gasteiger partial charge in [0.15, 0.2) is 0 Å². The lowest BCUT2D eigenvalue weighted by atomic mass is 10.0. The minimum Gasteiger partial charge on any atom is -0.379 e. The minimum atomic E-state index is 0.311. The fourth-order valence-electron chi connectivity index (χ4n) is 4.55. The average molecular weight is 707 g/mol. The summed E-state index contributed by atoms with van der Waals surface area (Å²) in [5.74, 6) is 2.40. The Balaban J connectivity index is 3.04. The number of hydrogen-bond acceptors (Lipinski definition) is 11. The van der Waals surface area contributed by atoms with Gasteiger partial charge in [-0.2, -0.15) is 0 Å². The largest absolute Gasteiger partial charge is 0.379 e. The van der Waals surface area contributed by atoms with Crippen molar-refractivity contribution in [2.24, 2.45) is 0 Å². The molecule has 0 aliphatic heterocycles. The van der Waals surface area contributed by atoms with E-state index < -0.39 is 0 Å². The summed E-state index contributed by atoms with van der Waals surface area (Å²) in [6.45, 7) is 14.1. The Morgan fingerprint density at radius 1 is 0.265 bits per heavy atom. The van der Waals surface area contributed by atoms with Crippen molar-refractivity contribution in [3.8, 4) is 12.3 Å². The van der Waals surface area contributed by atoms with Gasteiger partial charge in [-0.25, -0.2) is 0 Å². The van der Waals surface area contributed by atoms with Crippen molar-refractivity contribution in [2.45, 2.75) is 90.4 Å². The van der Waals surface area contributed by atoms with E-state index >= 15 is 0 Å². The topological polar surface area (TPSA) is 102 Å². The van der Waals surface area contributed by atoms with Crippen molar-refractivity contribution in [1.29, 1.82) is 0 Å². The highest BCUT2D eigenvalue weighted by Gasteiger charge is 1.97. The van der Waals surface area contributed by atoms with E-state index in [9.17, 15) is 0 Å². The van der Waals surface area contributed by atoms with Gasteiger partial charge in [0.2, 0.25) is 0 Å². The second-order valence-electron chi connectivity index (χ2n) is 11.6. The maximum atomic E-state index is 5.67. The average Bonchev–Trinajstić information content (AvgIpc) is 3.11. The van der Waals surface area contributed by atoms with Crippen LogP contribution < -0.4 is 0 Å². The van der Waals surface area contributed by atoms with Gasteiger partial charge in [-0.05, 0) is 6.42 Å². The number of unbranched alkanes of at least 4 members (excludes halogenated alkanes) is 12. The van der Waals surface area contributed by atoms with Gasteiger partial charge in [0, 0.05) is 6.61 Å². The Morgan fingerprint density at radius 3 is 0.714 bits per heavy atom. The molecular weight excluding hydrogens is 632 g/mol. The van der Waals surface area contributed by atoms with Crippen LogP contribution in [0.5, 0.6) is 0 Å². The van der Waals surface area contributed by atoms with Gasteiger partial charge in [0.05, 0.1) is 132 Å². The van der Waals surface area contributed by atoms with E-state index in [0.29, 0.717) is 139 Å². The third-order valence-corrected chi connectivity index (χ3v) is 7.30. The van der Waals surface area contributed by atoms with Crippen molar-refractivity contribution in [1.82, 2.24) is 0 Å². The predicted octanol–water partition coefficient (Wildman–Crippen LogP) is 5.89. The van der Waals surface area contributed by atoms with E-state index in [4.69, 9.17) is 58.5 Å². The predicted molar refractivity (Wildman–Crippen MR) is 194 cm³/mol. The number of hydrogen-bond donors (Lipinski definition) is 0. The van der Waals surface area contributed by atoms with Crippen molar-refractivity contribution >= 4 is 0 Å². The maximum Gasteiger partial charge on any atom is 0.107 e. The Bertz CT molecular complexity index is 621. The highest BCUT2D eigenvalue weighted by atomic mass is 16.6. The van der Waals surface area contributed by atoms with E-state index in [2.05, 4.69) is 12.8 Å². The maximum absolute atomic E-state index is 5.67. The molecule has 0 fully saturated rings. The summed E-state index contributed by atoms with van der Waals surface area (Å²) in [5.41, 5.74) is 0. The summed E-state index contributed by atoms with van der Waals surface area (Å²) in [6, 6.07) is 0. The molecule has 0 aromatic heterocycles. The zero-order valence-corrected chi connectivity index (χ0v) is 31.3. The summed E-state index contributed by atoms with van der Waals surface area (Å²) >= 11 is 0. The Hall–Kier alpha value is -0.880. The molecule has 0 atom stereocenters. The van der Waals surface area contributed by atoms with Gasteiger partial charge in [-0.15, -0.1) is 6.42 Å². The van der Waals surface area contributed by atoms with Crippen LogP contribution in [-0.2, 0) is 52.1 Å². The molecule has 292 valence electrons. The molecule has 0 aliphatic rings. The first-order chi connectivity index (χ1) is 24.4. The molecule has 0 unspecified atom stereocenters. The summed E-state index contributed by atoms with van der Waals surface area (Å²) in [7, 11) is 0. The van der Waals surface area contributed by atoms with Crippen LogP contribution in [0.25, 0.3) is 0 Å². The zero-order chi connectivity index (χ0) is 35.2. The lowest BCUT2D eigenvalue weighted by Crippen LogP contribution is -2.15. The molecule has 0 aromatic rings. The third kappa shape index (κ3) is 47.1. The minimum absolute atomic E-state index is 0.311. The van der Waals surface area contributed by atoms with Gasteiger partial charge < -0.3 is 52.1 Å². The second-order valence-corrected chi connectivity index (χ2v) is 11.6. The lowest BCUT2D eigenvalue weighted by Gasteiger charge is -2.09. The smallest absolute Gasteiger partial charge is 0.107 e. The van der Waals surface area contributed by atoms with Crippen molar-refractivity contribution in [3.63, 3.8) is 0 Å². The van der Waals surface area contributed by atoms with Crippen LogP contribution in [0, 0.1) is 12.3 Å². The van der Waals surface area contributed by atoms with Crippen LogP contribution in [0.1, 0.15) is 90.4 Å². The molecule has 49 heavy (non-hydrogen) atoms. The van der Waals surface area contributed by atoms with Gasteiger partial charge in [0.1, 0.15) is 6.61 Å². The molecular formula is C38H74O11. The van der Waals surface area contributed by atoms with Gasteiger partial charge >= 0.3 is 0 Å². The molecule has 0 heterocycles. The molecule has 0 bridgehead atoms. The summed E-state index contributed by atoms with van der Waals surface area (Å²) in [5, 5.41) is 0. The first-order valence-corrected chi connectivity index (χ1v) is 19.2. The standard InChI is InChI=1S/C38H74O11/c1-3-5-6-7-8-9-10-11-12-13-14-15-16-18-40-20-22-42-24-26-44-28-30-46-32-34-48-36-38-49-37-35-47-33-31-45-29-27-43-25-23-41-21-19-39-17-4-2/h2H,3,5-38H2,1H3. The quantitative estimate of drug-likeness (QED) is 0.0560. The van der Waals surface area contributed by atoms with Crippen LogP contribution in [0.3, 0.4) is 0 Å². The van der Waals surface area contributed by atoms with Crippen LogP contribution in [0.4, 0.5) is 0 Å². The van der Waals surface area contributed by atoms with E-state index in [0.717, 1.165) is 13.0 Å². The highest BCUT2D eigenvalue weighted by Crippen LogP contribution is 2.12. The molecule has 0 N–H and O–H groups in total. The SMILES string of the molecule is C#CCOCCOCCOCCOCCOCCOCCOCCOCCOCCOCCOCCCCCCCCCCCCCCC. The molecule has 0 radical (unpaired) electrons. The molecule has 11 nitrogen and oxygen atoms in total. The van der Waals surface area contributed by atoms with Gasteiger partial charge in [0.25, 0.3) is 0 Å². The van der Waals surface area contributed by atoms with Crippen molar-refractivity contribution < 1.29 is 52.1 Å². The van der Waals surface area contributed by atoms with Gasteiger partial charge in [-0.1, -0.05) is 89.9 Å². The first kappa shape index (κ1) is 48.1. The van der Waals surface area contributed by atoms with E-state index in [-0.39, 0.29) is 0 Å². The Morgan fingerprint density at radius 2 is 0.469 bits per heavy atom. The summed E-state index contributed by atoms with van der Waals surface area (Å²) < 4.78 is 60.1. The summed E-state index contributed by atoms with van der Waals surface area (Å²) in [4.78, 5) is 0. The van der Waals surface area contributed by atoms with Crippen molar-refractivity contribution in [3.05, 3.63) is 0 Å². The van der Waals surface area contributed by atoms with E-state index in [1.807, 2.05) is 0 Å². The number of ether oxygens (including phenoxy) is 11. The molecule has 0 aromatic carbocycles. The summed E-state index contributed by atoms with van der Waals surface area (Å²) in [6.07, 6.45) is 22.9. The molecule has 0 rings (SSSR count). The van der Waals surface area contributed by atoms with E-state index in [1.165, 1.54) is 77.0 Å². The van der Waals surface area contributed by atoms with Crippen LogP contribution in [0.2, 0.25) is 0 Å². The van der Waals surface area contributed by atoms with Crippen LogP contribution in [0.15, 0.2) is 0 Å². The number of rotatable bonds is 45. The Kier molecular flexibility index (Phi) is 46.3. The zero-order valence-electron chi connectivity index (χ0n) is 31.3.